The van der Waals surface area contributed by atoms with Gasteiger partial charge in [0, 0.05) is 36.0 Å². The van der Waals surface area contributed by atoms with Crippen LogP contribution in [0.2, 0.25) is 0 Å². The smallest absolute Gasteiger partial charge is 0.300 e. The number of hydrogen-bond acceptors (Lipinski definition) is 9. The number of aromatic nitrogens is 2. The summed E-state index contributed by atoms with van der Waals surface area (Å²) in [7, 11) is 1.69. The Morgan fingerprint density at radius 2 is 1.78 bits per heavy atom. The predicted molar refractivity (Wildman–Crippen MR) is 141 cm³/mol. The molecule has 5 N–H and O–H groups in total. The number of thiophene rings is 1. The molecule has 5 rings (SSSR count). The minimum Gasteiger partial charge on any atom is -0.497 e. The molecule has 4 aromatic rings. The van der Waals surface area contributed by atoms with E-state index in [-0.39, 0.29) is 5.95 Å². The van der Waals surface area contributed by atoms with Crippen LogP contribution >= 0.6 is 11.3 Å². The Hall–Kier alpha value is -4.51. The normalized spacial score (nSPS) is 11.2. The number of nitrogens with one attached hydrogen (secondary N) is 1. The lowest BCUT2D eigenvalue weighted by Crippen LogP contribution is -2.02. The summed E-state index contributed by atoms with van der Waals surface area (Å²) in [4.78, 5) is 32.1. The lowest BCUT2D eigenvalue weighted by atomic mass is 10.0. The van der Waals surface area contributed by atoms with Crippen LogP contribution in [0.1, 0.15) is 29.9 Å². The molecule has 10 nitrogen and oxygen atoms in total. The van der Waals surface area contributed by atoms with Crippen LogP contribution in [0.25, 0.3) is 10.1 Å². The first-order valence-electron chi connectivity index (χ1n) is 10.7. The fourth-order valence-electron chi connectivity index (χ4n) is 3.33. The summed E-state index contributed by atoms with van der Waals surface area (Å²) in [5, 5.41) is 19.3. The second-order valence-corrected chi connectivity index (χ2v) is 8.60. The molecule has 36 heavy (non-hydrogen) atoms. The van der Waals surface area contributed by atoms with E-state index in [0.29, 0.717) is 12.4 Å². The topological polar surface area (TPSA) is 160 Å². The third-order valence-electron chi connectivity index (χ3n) is 4.68. The first kappa shape index (κ1) is 26.1. The molecule has 0 radical (unpaired) electrons. The van der Waals surface area contributed by atoms with Gasteiger partial charge in [-0.3, -0.25) is 14.6 Å². The van der Waals surface area contributed by atoms with Gasteiger partial charge in [-0.25, -0.2) is 4.98 Å². The van der Waals surface area contributed by atoms with Crippen molar-refractivity contribution >= 4 is 56.5 Å². The first-order chi connectivity index (χ1) is 17.2. The number of aliphatic imine (C=N–C) groups is 1. The van der Waals surface area contributed by atoms with E-state index in [1.165, 1.54) is 15.6 Å². The van der Waals surface area contributed by atoms with E-state index in [0.717, 1.165) is 41.4 Å². The fourth-order valence-corrected chi connectivity index (χ4v) is 4.39. The number of nitrogens with two attached hydrogens (primary N) is 1. The minimum atomic E-state index is -0.833. The van der Waals surface area contributed by atoms with Crippen LogP contribution in [0.5, 0.6) is 5.75 Å². The highest BCUT2D eigenvalue weighted by atomic mass is 32.1. The molecule has 0 amide bonds. The van der Waals surface area contributed by atoms with Crippen molar-refractivity contribution in [2.24, 2.45) is 4.99 Å². The Morgan fingerprint density at radius 1 is 1.06 bits per heavy atom. The van der Waals surface area contributed by atoms with Gasteiger partial charge in [0.05, 0.1) is 24.2 Å². The molecule has 0 saturated carbocycles. The van der Waals surface area contributed by atoms with E-state index in [4.69, 9.17) is 35.3 Å². The molecule has 3 heterocycles. The molecule has 0 unspecified atom stereocenters. The van der Waals surface area contributed by atoms with Crippen molar-refractivity contribution in [3.8, 4) is 5.75 Å². The van der Waals surface area contributed by atoms with Gasteiger partial charge in [-0.05, 0) is 53.4 Å². The van der Waals surface area contributed by atoms with Crippen molar-refractivity contribution in [3.05, 3.63) is 70.7 Å². The second-order valence-electron chi connectivity index (χ2n) is 7.51. The summed E-state index contributed by atoms with van der Waals surface area (Å²) in [5.74, 6) is 0.105. The number of aliphatic carboxylic acids is 2. The molecule has 186 valence electrons. The number of carboxylic acid groups (broad SMARTS) is 2. The zero-order chi connectivity index (χ0) is 26.2. The molecule has 11 heteroatoms. The molecule has 2 aromatic carbocycles. The van der Waals surface area contributed by atoms with Gasteiger partial charge in [0.15, 0.2) is 0 Å². The quantitative estimate of drug-likeness (QED) is 0.310. The zero-order valence-corrected chi connectivity index (χ0v) is 20.7. The maximum atomic E-state index is 9.00. The number of carboxylic acids is 2. The molecular formula is C25H25N5O5S. The number of nitrogens with zero attached hydrogens (tertiary/aromatic N) is 3. The lowest BCUT2D eigenvalue weighted by molar-refractivity contribution is -0.135. The Kier molecular flexibility index (Phi) is 8.52. The van der Waals surface area contributed by atoms with E-state index in [1.807, 2.05) is 12.1 Å². The van der Waals surface area contributed by atoms with Crippen LogP contribution in [0.15, 0.2) is 59.7 Å². The molecule has 1 aliphatic heterocycles. The molecule has 0 saturated heterocycles. The van der Waals surface area contributed by atoms with Crippen molar-refractivity contribution < 1.29 is 24.5 Å². The SMILES string of the molecule is CC(=O)O.CC(=O)O.COc1ccc2sc(C3=NCc4ccc(Nc5ccnc(N)n5)cc43)cc2c1. The average Bonchev–Trinajstić information content (AvgIpc) is 3.41. The van der Waals surface area contributed by atoms with Gasteiger partial charge in [-0.1, -0.05) is 6.07 Å². The third kappa shape index (κ3) is 7.00. The van der Waals surface area contributed by atoms with Crippen LogP contribution in [0.3, 0.4) is 0 Å². The van der Waals surface area contributed by atoms with Crippen LogP contribution in [-0.2, 0) is 16.1 Å². The number of ether oxygens (including phenoxy) is 1. The predicted octanol–water partition coefficient (Wildman–Crippen LogP) is 4.56. The maximum absolute atomic E-state index is 9.00. The number of nitrogen functional groups attached to an aromatic ring is 1. The lowest BCUT2D eigenvalue weighted by Gasteiger charge is -2.09. The van der Waals surface area contributed by atoms with Gasteiger partial charge in [-0.15, -0.1) is 11.3 Å². The second kappa shape index (κ2) is 11.8. The summed E-state index contributed by atoms with van der Waals surface area (Å²) in [6.45, 7) is 2.86. The highest BCUT2D eigenvalue weighted by Gasteiger charge is 2.20. The zero-order valence-electron chi connectivity index (χ0n) is 19.8. The van der Waals surface area contributed by atoms with Crippen LogP contribution < -0.4 is 15.8 Å². The van der Waals surface area contributed by atoms with Crippen LogP contribution in [0, 0.1) is 0 Å². The summed E-state index contributed by atoms with van der Waals surface area (Å²) in [6, 6.07) is 16.4. The van der Waals surface area contributed by atoms with Crippen LogP contribution in [0.4, 0.5) is 17.5 Å². The van der Waals surface area contributed by atoms with E-state index in [1.54, 1.807) is 30.7 Å². The van der Waals surface area contributed by atoms with E-state index in [9.17, 15) is 0 Å². The van der Waals surface area contributed by atoms with E-state index >= 15 is 0 Å². The van der Waals surface area contributed by atoms with Gasteiger partial charge < -0.3 is 26.0 Å². The number of rotatable bonds is 4. The standard InChI is InChI=1S/C21H17N5OS.2C2H4O2/c1-27-15-4-5-17-13(8-15)9-18(28-17)20-16-10-14(3-2-12(16)11-24-20)25-19-6-7-23-21(22)26-19;2*1-2(3)4/h2-10H,11H2,1H3,(H3,22,23,25,26);2*1H3,(H,3,4). The summed E-state index contributed by atoms with van der Waals surface area (Å²) >= 11 is 1.75. The fraction of sp³-hybridized carbons (Fsp3) is 0.160. The summed E-state index contributed by atoms with van der Waals surface area (Å²) in [6.07, 6.45) is 1.64. The molecule has 1 aliphatic rings. The molecule has 0 fully saturated rings. The van der Waals surface area contributed by atoms with Gasteiger partial charge in [0.2, 0.25) is 5.95 Å². The van der Waals surface area contributed by atoms with Crippen molar-refractivity contribution in [1.82, 2.24) is 9.97 Å². The van der Waals surface area contributed by atoms with E-state index < -0.39 is 11.9 Å². The minimum absolute atomic E-state index is 0.245. The molecular weight excluding hydrogens is 482 g/mol. The highest BCUT2D eigenvalue weighted by molar-refractivity contribution is 7.21. The van der Waals surface area contributed by atoms with Gasteiger partial charge in [-0.2, -0.15) is 4.98 Å². The van der Waals surface area contributed by atoms with Crippen LogP contribution in [-0.4, -0.2) is 44.9 Å². The Balaban J connectivity index is 0.000000398. The first-order valence-corrected chi connectivity index (χ1v) is 11.5. The summed E-state index contributed by atoms with van der Waals surface area (Å²) in [5.41, 5.74) is 10.0. The maximum Gasteiger partial charge on any atom is 0.300 e. The van der Waals surface area contributed by atoms with Gasteiger partial charge >= 0.3 is 0 Å². The number of fused-ring (bicyclic) bond motifs is 2. The highest BCUT2D eigenvalue weighted by Crippen LogP contribution is 2.34. The largest absolute Gasteiger partial charge is 0.497 e. The van der Waals surface area contributed by atoms with Gasteiger partial charge in [0.25, 0.3) is 11.9 Å². The molecule has 0 bridgehead atoms. The molecule has 2 aromatic heterocycles. The third-order valence-corrected chi connectivity index (χ3v) is 5.80. The molecule has 0 atom stereocenters. The van der Waals surface area contributed by atoms with Crippen molar-refractivity contribution in [1.29, 1.82) is 0 Å². The number of benzene rings is 2. The Bertz CT molecular complexity index is 1410. The molecule has 0 aliphatic carbocycles. The van der Waals surface area contributed by atoms with Crippen molar-refractivity contribution in [2.45, 2.75) is 20.4 Å². The Morgan fingerprint density at radius 3 is 2.44 bits per heavy atom. The number of hydrogen-bond donors (Lipinski definition) is 4. The number of methoxy groups -OCH3 is 1. The monoisotopic (exact) mass is 507 g/mol. The summed E-state index contributed by atoms with van der Waals surface area (Å²) < 4.78 is 6.56. The number of carbonyl (C=O) groups is 2. The van der Waals surface area contributed by atoms with Crippen molar-refractivity contribution in [3.63, 3.8) is 0 Å². The van der Waals surface area contributed by atoms with Crippen molar-refractivity contribution in [2.75, 3.05) is 18.2 Å². The van der Waals surface area contributed by atoms with E-state index in [2.05, 4.69) is 45.6 Å². The molecule has 0 spiro atoms. The Labute approximate surface area is 211 Å². The number of anilines is 3. The van der Waals surface area contributed by atoms with Gasteiger partial charge in [0.1, 0.15) is 11.6 Å². The average molecular weight is 508 g/mol.